The first-order chi connectivity index (χ1) is 15.0. The first-order valence-electron chi connectivity index (χ1n) is 10.7. The number of hydrogen-bond acceptors (Lipinski definition) is 5. The Morgan fingerprint density at radius 1 is 1.16 bits per heavy atom. The molecule has 3 heterocycles. The first kappa shape index (κ1) is 21.1. The molecule has 4 rings (SSSR count). The Morgan fingerprint density at radius 2 is 1.97 bits per heavy atom. The van der Waals surface area contributed by atoms with Gasteiger partial charge in [0.2, 0.25) is 0 Å². The van der Waals surface area contributed by atoms with Gasteiger partial charge in [-0.2, -0.15) is 0 Å². The van der Waals surface area contributed by atoms with Crippen LogP contribution >= 0.6 is 0 Å². The smallest absolute Gasteiger partial charge is 0.255 e. The number of amides is 1. The molecule has 3 aromatic rings. The molecule has 162 valence electrons. The zero-order chi connectivity index (χ0) is 21.8. The molecule has 0 saturated heterocycles. The minimum atomic E-state index is -0.149. The number of hydrogen-bond donors (Lipinski definition) is 1. The SMILES string of the molecule is C/C(=C\c1ccccc1)CN1CCc2nnc(CNC(=O)c3cc(C)oc3C)n2CC1. The summed E-state index contributed by atoms with van der Waals surface area (Å²) in [7, 11) is 0. The van der Waals surface area contributed by atoms with Crippen LogP contribution in [0, 0.1) is 13.8 Å². The lowest BCUT2D eigenvalue weighted by molar-refractivity contribution is 0.0948. The van der Waals surface area contributed by atoms with Crippen molar-refractivity contribution in [1.29, 1.82) is 0 Å². The van der Waals surface area contributed by atoms with Gasteiger partial charge in [0.1, 0.15) is 17.3 Å². The van der Waals surface area contributed by atoms with E-state index in [-0.39, 0.29) is 5.91 Å². The second-order valence-electron chi connectivity index (χ2n) is 8.12. The molecule has 7 nitrogen and oxygen atoms in total. The zero-order valence-corrected chi connectivity index (χ0v) is 18.4. The molecule has 2 aromatic heterocycles. The molecule has 0 saturated carbocycles. The molecule has 1 N–H and O–H groups in total. The quantitative estimate of drug-likeness (QED) is 0.663. The first-order valence-corrected chi connectivity index (χ1v) is 10.7. The van der Waals surface area contributed by atoms with E-state index >= 15 is 0 Å². The van der Waals surface area contributed by atoms with Gasteiger partial charge in [0.25, 0.3) is 5.91 Å². The summed E-state index contributed by atoms with van der Waals surface area (Å²) in [5.74, 6) is 2.98. The van der Waals surface area contributed by atoms with Crippen LogP contribution in [0.15, 0.2) is 46.4 Å². The highest BCUT2D eigenvalue weighted by Crippen LogP contribution is 2.15. The van der Waals surface area contributed by atoms with Gasteiger partial charge in [-0.3, -0.25) is 9.69 Å². The van der Waals surface area contributed by atoms with Crippen molar-refractivity contribution in [3.05, 3.63) is 76.3 Å². The molecule has 0 spiro atoms. The van der Waals surface area contributed by atoms with Crippen molar-refractivity contribution in [2.24, 2.45) is 0 Å². The molecular formula is C24H29N5O2. The zero-order valence-electron chi connectivity index (χ0n) is 18.4. The van der Waals surface area contributed by atoms with Crippen LogP contribution in [-0.4, -0.2) is 45.2 Å². The number of rotatable bonds is 6. The largest absolute Gasteiger partial charge is 0.466 e. The van der Waals surface area contributed by atoms with E-state index in [2.05, 4.69) is 62.2 Å². The molecule has 7 heteroatoms. The van der Waals surface area contributed by atoms with Crippen molar-refractivity contribution in [3.63, 3.8) is 0 Å². The number of fused-ring (bicyclic) bond motifs is 1. The van der Waals surface area contributed by atoms with E-state index in [0.29, 0.717) is 17.9 Å². The summed E-state index contributed by atoms with van der Waals surface area (Å²) in [5, 5.41) is 11.6. The lowest BCUT2D eigenvalue weighted by Crippen LogP contribution is -2.29. The number of aryl methyl sites for hydroxylation is 2. The summed E-state index contributed by atoms with van der Waals surface area (Å²) in [5.41, 5.74) is 3.13. The number of carbonyl (C=O) groups is 1. The van der Waals surface area contributed by atoms with Gasteiger partial charge in [0, 0.05) is 32.6 Å². The molecule has 31 heavy (non-hydrogen) atoms. The standard InChI is InChI=1S/C24H29N5O2/c1-17(13-20-7-5-4-6-8-20)16-28-10-9-22-26-27-23(29(22)12-11-28)15-25-24(30)21-14-18(2)31-19(21)3/h4-8,13-14H,9-12,15-16H2,1-3H3,(H,25,30)/b17-13+. The van der Waals surface area contributed by atoms with Crippen LogP contribution < -0.4 is 5.32 Å². The van der Waals surface area contributed by atoms with Crippen molar-refractivity contribution in [2.75, 3.05) is 19.6 Å². The van der Waals surface area contributed by atoms with Gasteiger partial charge >= 0.3 is 0 Å². The molecule has 1 aromatic carbocycles. The summed E-state index contributed by atoms with van der Waals surface area (Å²) >= 11 is 0. The molecule has 0 aliphatic carbocycles. The molecule has 0 bridgehead atoms. The molecule has 1 aliphatic heterocycles. The molecule has 1 aliphatic rings. The van der Waals surface area contributed by atoms with E-state index in [9.17, 15) is 4.79 Å². The molecule has 1 amide bonds. The summed E-state index contributed by atoms with van der Waals surface area (Å²) in [6.45, 7) is 9.78. The molecule has 0 unspecified atom stereocenters. The average Bonchev–Trinajstić information content (AvgIpc) is 3.23. The Hall–Kier alpha value is -3.19. The van der Waals surface area contributed by atoms with Gasteiger partial charge in [-0.15, -0.1) is 10.2 Å². The average molecular weight is 420 g/mol. The van der Waals surface area contributed by atoms with Crippen molar-refractivity contribution < 1.29 is 9.21 Å². The lowest BCUT2D eigenvalue weighted by Gasteiger charge is -2.20. The predicted octanol–water partition coefficient (Wildman–Crippen LogP) is 3.38. The highest BCUT2D eigenvalue weighted by Gasteiger charge is 2.20. The lowest BCUT2D eigenvalue weighted by atomic mass is 10.1. The van der Waals surface area contributed by atoms with Crippen LogP contribution in [0.1, 0.15) is 46.0 Å². The molecular weight excluding hydrogens is 390 g/mol. The van der Waals surface area contributed by atoms with Gasteiger partial charge < -0.3 is 14.3 Å². The third-order valence-electron chi connectivity index (χ3n) is 5.57. The van der Waals surface area contributed by atoms with Gasteiger partial charge in [-0.1, -0.05) is 42.0 Å². The van der Waals surface area contributed by atoms with Crippen LogP contribution in [-0.2, 0) is 19.5 Å². The third kappa shape index (κ3) is 5.11. The summed E-state index contributed by atoms with van der Waals surface area (Å²) < 4.78 is 7.60. The molecule has 0 fully saturated rings. The Kier molecular flexibility index (Phi) is 6.32. The van der Waals surface area contributed by atoms with Crippen LogP contribution in [0.2, 0.25) is 0 Å². The maximum absolute atomic E-state index is 12.5. The van der Waals surface area contributed by atoms with E-state index in [1.54, 1.807) is 13.0 Å². The number of carbonyl (C=O) groups excluding carboxylic acids is 1. The monoisotopic (exact) mass is 419 g/mol. The topological polar surface area (TPSA) is 76.2 Å². The number of nitrogens with zero attached hydrogens (tertiary/aromatic N) is 4. The van der Waals surface area contributed by atoms with Crippen LogP contribution in [0.25, 0.3) is 6.08 Å². The normalized spacial score (nSPS) is 14.9. The van der Waals surface area contributed by atoms with E-state index in [1.807, 2.05) is 13.0 Å². The van der Waals surface area contributed by atoms with Crippen molar-refractivity contribution in [1.82, 2.24) is 25.0 Å². The van der Waals surface area contributed by atoms with Gasteiger partial charge in [-0.25, -0.2) is 0 Å². The van der Waals surface area contributed by atoms with E-state index in [0.717, 1.165) is 50.0 Å². The number of nitrogens with one attached hydrogen (secondary N) is 1. The number of benzene rings is 1. The maximum atomic E-state index is 12.5. The van der Waals surface area contributed by atoms with E-state index < -0.39 is 0 Å². The minimum absolute atomic E-state index is 0.149. The Morgan fingerprint density at radius 3 is 2.71 bits per heavy atom. The Bertz CT molecular complexity index is 1080. The highest BCUT2D eigenvalue weighted by atomic mass is 16.3. The Balaban J connectivity index is 1.35. The third-order valence-corrected chi connectivity index (χ3v) is 5.57. The summed E-state index contributed by atoms with van der Waals surface area (Å²) in [6, 6.07) is 12.2. The van der Waals surface area contributed by atoms with Gasteiger partial charge in [0.15, 0.2) is 5.82 Å². The fourth-order valence-electron chi connectivity index (χ4n) is 4.06. The van der Waals surface area contributed by atoms with Crippen LogP contribution in [0.3, 0.4) is 0 Å². The van der Waals surface area contributed by atoms with Crippen molar-refractivity contribution in [3.8, 4) is 0 Å². The predicted molar refractivity (Wildman–Crippen MR) is 120 cm³/mol. The number of aromatic nitrogens is 3. The minimum Gasteiger partial charge on any atom is -0.466 e. The highest BCUT2D eigenvalue weighted by molar-refractivity contribution is 5.95. The van der Waals surface area contributed by atoms with E-state index in [1.165, 1.54) is 11.1 Å². The fraction of sp³-hybridized carbons (Fsp3) is 0.375. The van der Waals surface area contributed by atoms with Crippen molar-refractivity contribution in [2.45, 2.75) is 40.3 Å². The molecule has 0 radical (unpaired) electrons. The van der Waals surface area contributed by atoms with Crippen LogP contribution in [0.5, 0.6) is 0 Å². The van der Waals surface area contributed by atoms with Gasteiger partial charge in [-0.05, 0) is 32.4 Å². The van der Waals surface area contributed by atoms with Gasteiger partial charge in [0.05, 0.1) is 12.1 Å². The maximum Gasteiger partial charge on any atom is 0.255 e. The number of furan rings is 1. The Labute approximate surface area is 182 Å². The molecule has 0 atom stereocenters. The summed E-state index contributed by atoms with van der Waals surface area (Å²) in [4.78, 5) is 14.9. The van der Waals surface area contributed by atoms with E-state index in [4.69, 9.17) is 4.42 Å². The fourth-order valence-corrected chi connectivity index (χ4v) is 4.06. The van der Waals surface area contributed by atoms with Crippen LogP contribution in [0.4, 0.5) is 0 Å². The van der Waals surface area contributed by atoms with Crippen molar-refractivity contribution >= 4 is 12.0 Å². The second kappa shape index (κ2) is 9.31. The summed E-state index contributed by atoms with van der Waals surface area (Å²) in [6.07, 6.45) is 3.09. The second-order valence-corrected chi connectivity index (χ2v) is 8.12.